The van der Waals surface area contributed by atoms with Crippen molar-refractivity contribution in [2.45, 2.75) is 72.6 Å². The van der Waals surface area contributed by atoms with E-state index < -0.39 is 11.4 Å². The second kappa shape index (κ2) is 10.2. The highest BCUT2D eigenvalue weighted by Crippen LogP contribution is 2.34. The molecular formula is C30H37FN4O3. The van der Waals surface area contributed by atoms with Gasteiger partial charge in [0.05, 0.1) is 29.0 Å². The van der Waals surface area contributed by atoms with E-state index in [1.807, 2.05) is 65.4 Å². The summed E-state index contributed by atoms with van der Waals surface area (Å²) >= 11 is 0. The monoisotopic (exact) mass is 520 g/mol. The van der Waals surface area contributed by atoms with Gasteiger partial charge >= 0.3 is 6.09 Å². The van der Waals surface area contributed by atoms with Crippen LogP contribution in [0.5, 0.6) is 0 Å². The van der Waals surface area contributed by atoms with Gasteiger partial charge in [-0.05, 0) is 84.2 Å². The summed E-state index contributed by atoms with van der Waals surface area (Å²) in [5.41, 5.74) is 4.17. The number of ether oxygens (including phenoxy) is 1. The average molecular weight is 521 g/mol. The minimum atomic E-state index is -0.561. The standard InChI is InChI=1S/C30H37FN4O3/c1-18(2)33(8)28(36)24-14-23(31)9-10-25(24)35-17-22(27-19(3)15-32-16-26(27)35)13-21-11-12-34(20(21)4)29(37)38-30(5,6)7/h9-10,13-18,20H,11-12H2,1-8H3/b21-13+. The van der Waals surface area contributed by atoms with Crippen molar-refractivity contribution in [3.8, 4) is 5.69 Å². The number of benzene rings is 1. The third-order valence-corrected chi connectivity index (χ3v) is 7.09. The van der Waals surface area contributed by atoms with Crippen molar-refractivity contribution in [2.24, 2.45) is 0 Å². The Morgan fingerprint density at radius 1 is 1.24 bits per heavy atom. The van der Waals surface area contributed by atoms with E-state index in [1.54, 1.807) is 29.1 Å². The number of pyridine rings is 1. The highest BCUT2D eigenvalue weighted by atomic mass is 19.1. The molecule has 8 heteroatoms. The van der Waals surface area contributed by atoms with Crippen molar-refractivity contribution in [2.75, 3.05) is 13.6 Å². The molecule has 0 saturated carbocycles. The van der Waals surface area contributed by atoms with Gasteiger partial charge in [0.25, 0.3) is 5.91 Å². The molecule has 0 spiro atoms. The fourth-order valence-corrected chi connectivity index (χ4v) is 4.82. The molecule has 3 aromatic rings. The second-order valence-corrected chi connectivity index (χ2v) is 11.3. The lowest BCUT2D eigenvalue weighted by Crippen LogP contribution is -2.38. The van der Waals surface area contributed by atoms with Crippen LogP contribution in [0.25, 0.3) is 22.7 Å². The molecular weight excluding hydrogens is 483 g/mol. The van der Waals surface area contributed by atoms with Crippen molar-refractivity contribution in [3.05, 3.63) is 64.9 Å². The topological polar surface area (TPSA) is 67.7 Å². The Bertz CT molecular complexity index is 1420. The molecule has 202 valence electrons. The molecule has 3 heterocycles. The maximum Gasteiger partial charge on any atom is 0.410 e. The molecule has 1 aliphatic heterocycles. The lowest BCUT2D eigenvalue weighted by molar-refractivity contribution is 0.0249. The van der Waals surface area contributed by atoms with E-state index in [0.29, 0.717) is 12.2 Å². The van der Waals surface area contributed by atoms with Gasteiger partial charge in [-0.1, -0.05) is 6.08 Å². The number of hydrogen-bond acceptors (Lipinski definition) is 4. The number of aromatic nitrogens is 2. The lowest BCUT2D eigenvalue weighted by Gasteiger charge is -2.27. The highest BCUT2D eigenvalue weighted by Gasteiger charge is 2.33. The SMILES string of the molecule is Cc1cncc2c1c(/C=C1\CCN(C(=O)OC(C)(C)C)C1C)cn2-c1ccc(F)cc1C(=O)N(C)C(C)C. The largest absolute Gasteiger partial charge is 0.444 e. The Hall–Kier alpha value is -3.68. The highest BCUT2D eigenvalue weighted by molar-refractivity contribution is 6.00. The number of halogens is 1. The van der Waals surface area contributed by atoms with E-state index in [2.05, 4.69) is 11.1 Å². The van der Waals surface area contributed by atoms with Crippen molar-refractivity contribution in [3.63, 3.8) is 0 Å². The molecule has 2 amide bonds. The minimum absolute atomic E-state index is 0.0407. The molecule has 0 aliphatic carbocycles. The number of aryl methyl sites for hydroxylation is 1. The van der Waals surface area contributed by atoms with E-state index >= 15 is 0 Å². The first-order valence-corrected chi connectivity index (χ1v) is 13.0. The number of nitrogens with zero attached hydrogens (tertiary/aromatic N) is 4. The van der Waals surface area contributed by atoms with Crippen molar-refractivity contribution < 1.29 is 18.7 Å². The Morgan fingerprint density at radius 3 is 2.61 bits per heavy atom. The fraction of sp³-hybridized carbons (Fsp3) is 0.433. The van der Waals surface area contributed by atoms with Crippen LogP contribution in [0.4, 0.5) is 9.18 Å². The Morgan fingerprint density at radius 2 is 1.95 bits per heavy atom. The number of carbonyl (C=O) groups excluding carboxylic acids is 2. The van der Waals surface area contributed by atoms with Crippen molar-refractivity contribution in [1.82, 2.24) is 19.4 Å². The van der Waals surface area contributed by atoms with Gasteiger partial charge in [0.2, 0.25) is 0 Å². The summed E-state index contributed by atoms with van der Waals surface area (Å²) < 4.78 is 21.9. The maximum atomic E-state index is 14.3. The molecule has 0 radical (unpaired) electrons. The molecule has 1 unspecified atom stereocenters. The molecule has 1 aromatic carbocycles. The third-order valence-electron chi connectivity index (χ3n) is 7.09. The van der Waals surface area contributed by atoms with E-state index in [1.165, 1.54) is 12.1 Å². The van der Waals surface area contributed by atoms with Gasteiger partial charge in [0.15, 0.2) is 0 Å². The molecule has 2 aromatic heterocycles. The average Bonchev–Trinajstić information content (AvgIpc) is 3.38. The van der Waals surface area contributed by atoms with Gasteiger partial charge in [-0.25, -0.2) is 9.18 Å². The molecule has 1 fully saturated rings. The van der Waals surface area contributed by atoms with Crippen LogP contribution in [0.15, 0.2) is 42.4 Å². The second-order valence-electron chi connectivity index (χ2n) is 11.3. The third kappa shape index (κ3) is 5.30. The van der Waals surface area contributed by atoms with Crippen LogP contribution in [0.2, 0.25) is 0 Å². The summed E-state index contributed by atoms with van der Waals surface area (Å²) in [4.78, 5) is 33.8. The van der Waals surface area contributed by atoms with E-state index in [-0.39, 0.29) is 29.6 Å². The number of amides is 2. The summed E-state index contributed by atoms with van der Waals surface area (Å²) in [5, 5.41) is 0.996. The summed E-state index contributed by atoms with van der Waals surface area (Å²) in [7, 11) is 1.72. The van der Waals surface area contributed by atoms with Crippen molar-refractivity contribution >= 4 is 29.0 Å². The predicted molar refractivity (Wildman–Crippen MR) is 148 cm³/mol. The molecule has 38 heavy (non-hydrogen) atoms. The first-order valence-electron chi connectivity index (χ1n) is 13.0. The first-order chi connectivity index (χ1) is 17.8. The molecule has 1 atom stereocenters. The van der Waals surface area contributed by atoms with Crippen LogP contribution in [-0.2, 0) is 4.74 Å². The van der Waals surface area contributed by atoms with Crippen LogP contribution < -0.4 is 0 Å². The van der Waals surface area contributed by atoms with Crippen LogP contribution in [0.1, 0.15) is 69.4 Å². The molecule has 0 bridgehead atoms. The summed E-state index contributed by atoms with van der Waals surface area (Å²) in [6.45, 7) is 14.0. The molecule has 1 aliphatic rings. The van der Waals surface area contributed by atoms with Gasteiger partial charge < -0.3 is 19.1 Å². The quantitative estimate of drug-likeness (QED) is 0.401. The number of fused-ring (bicyclic) bond motifs is 1. The molecule has 0 N–H and O–H groups in total. The number of carbonyl (C=O) groups is 2. The predicted octanol–water partition coefficient (Wildman–Crippen LogP) is 6.37. The van der Waals surface area contributed by atoms with Crippen molar-refractivity contribution in [1.29, 1.82) is 0 Å². The Labute approximate surface area is 223 Å². The van der Waals surface area contributed by atoms with E-state index in [9.17, 15) is 14.0 Å². The zero-order chi connectivity index (χ0) is 27.9. The first kappa shape index (κ1) is 27.4. The van der Waals surface area contributed by atoms with E-state index in [4.69, 9.17) is 4.74 Å². The Kier molecular flexibility index (Phi) is 7.37. The maximum absolute atomic E-state index is 14.3. The fourth-order valence-electron chi connectivity index (χ4n) is 4.82. The zero-order valence-electron chi connectivity index (χ0n) is 23.5. The minimum Gasteiger partial charge on any atom is -0.444 e. The summed E-state index contributed by atoms with van der Waals surface area (Å²) in [6, 6.07) is 4.14. The zero-order valence-corrected chi connectivity index (χ0v) is 23.5. The van der Waals surface area contributed by atoms with Gasteiger partial charge in [-0.15, -0.1) is 0 Å². The lowest BCUT2D eigenvalue weighted by atomic mass is 10.0. The Balaban J connectivity index is 1.81. The number of rotatable bonds is 4. The van der Waals surface area contributed by atoms with Gasteiger partial charge in [0.1, 0.15) is 11.4 Å². The number of likely N-dealkylation sites (tertiary alicyclic amines) is 1. The normalized spacial score (nSPS) is 17.1. The van der Waals surface area contributed by atoms with Crippen LogP contribution in [0.3, 0.4) is 0 Å². The van der Waals surface area contributed by atoms with Crippen LogP contribution >= 0.6 is 0 Å². The van der Waals surface area contributed by atoms with Gasteiger partial charge in [-0.3, -0.25) is 9.78 Å². The summed E-state index contributed by atoms with van der Waals surface area (Å²) in [5.74, 6) is -0.723. The molecule has 4 rings (SSSR count). The summed E-state index contributed by atoms with van der Waals surface area (Å²) in [6.07, 6.45) is 8.07. The van der Waals surface area contributed by atoms with Gasteiger partial charge in [0, 0.05) is 43.0 Å². The van der Waals surface area contributed by atoms with Crippen LogP contribution in [-0.4, -0.2) is 62.6 Å². The molecule has 7 nitrogen and oxygen atoms in total. The van der Waals surface area contributed by atoms with Gasteiger partial charge in [-0.2, -0.15) is 0 Å². The van der Waals surface area contributed by atoms with Crippen LogP contribution in [0, 0.1) is 12.7 Å². The smallest absolute Gasteiger partial charge is 0.410 e. The number of hydrogen-bond donors (Lipinski definition) is 0. The van der Waals surface area contributed by atoms with E-state index in [0.717, 1.165) is 34.0 Å². The molecule has 1 saturated heterocycles.